The number of benzene rings is 2. The highest BCUT2D eigenvalue weighted by Gasteiger charge is 2.28. The average Bonchev–Trinajstić information content (AvgIpc) is 2.72. The summed E-state index contributed by atoms with van der Waals surface area (Å²) in [5.74, 6) is 0.133. The van der Waals surface area contributed by atoms with Crippen LogP contribution in [0.1, 0.15) is 22.7 Å². The minimum absolute atomic E-state index is 0.00266. The molecule has 124 valence electrons. The Kier molecular flexibility index (Phi) is 3.54. The van der Waals surface area contributed by atoms with Gasteiger partial charge in [0.25, 0.3) is 0 Å². The van der Waals surface area contributed by atoms with Crippen molar-refractivity contribution in [2.24, 2.45) is 21.5 Å². The SMILES string of the molecule is NC1=NC(c2ccc(Cl)cc2)c2c(c3ccccc3oc2=O)C(N)=N1. The molecule has 6 nitrogen and oxygen atoms in total. The first-order chi connectivity index (χ1) is 12.0. The number of hydrogen-bond donors (Lipinski definition) is 2. The topological polar surface area (TPSA) is 107 Å². The molecule has 3 aromatic rings. The Hall–Kier alpha value is -3.12. The number of rotatable bonds is 1. The third-order valence-electron chi connectivity index (χ3n) is 4.06. The molecule has 1 aliphatic rings. The zero-order valence-corrected chi connectivity index (χ0v) is 13.7. The van der Waals surface area contributed by atoms with Crippen molar-refractivity contribution in [2.45, 2.75) is 6.04 Å². The Bertz CT molecular complexity index is 1100. The molecule has 0 aliphatic carbocycles. The van der Waals surface area contributed by atoms with Crippen LogP contribution in [0.25, 0.3) is 11.0 Å². The zero-order valence-electron chi connectivity index (χ0n) is 12.9. The normalized spacial score (nSPS) is 16.8. The molecule has 2 heterocycles. The Morgan fingerprint density at radius 3 is 2.52 bits per heavy atom. The highest BCUT2D eigenvalue weighted by atomic mass is 35.5. The van der Waals surface area contributed by atoms with Gasteiger partial charge in [0.2, 0.25) is 5.96 Å². The van der Waals surface area contributed by atoms with Crippen LogP contribution < -0.4 is 17.1 Å². The standard InChI is InChI=1S/C18H13ClN4O2/c19-10-7-5-9(6-8-10)15-14-13(16(20)23-18(21)22-15)11-3-1-2-4-12(11)25-17(14)24/h1-8,15H,(H4,20,21,22,23). The van der Waals surface area contributed by atoms with E-state index in [0.717, 1.165) is 5.56 Å². The molecular weight excluding hydrogens is 340 g/mol. The molecule has 0 saturated carbocycles. The smallest absolute Gasteiger partial charge is 0.342 e. The number of fused-ring (bicyclic) bond motifs is 3. The molecule has 7 heteroatoms. The van der Waals surface area contributed by atoms with Gasteiger partial charge < -0.3 is 15.9 Å². The molecule has 0 radical (unpaired) electrons. The summed E-state index contributed by atoms with van der Waals surface area (Å²) in [5, 5.41) is 1.26. The van der Waals surface area contributed by atoms with Crippen LogP contribution in [0.15, 0.2) is 67.7 Å². The molecule has 25 heavy (non-hydrogen) atoms. The highest BCUT2D eigenvalue weighted by molar-refractivity contribution is 6.30. The van der Waals surface area contributed by atoms with Gasteiger partial charge in [-0.2, -0.15) is 4.99 Å². The summed E-state index contributed by atoms with van der Waals surface area (Å²) < 4.78 is 5.47. The van der Waals surface area contributed by atoms with E-state index in [1.165, 1.54) is 0 Å². The van der Waals surface area contributed by atoms with E-state index < -0.39 is 11.7 Å². The molecular formula is C18H13ClN4O2. The number of amidine groups is 1. The molecule has 2 aromatic carbocycles. The number of nitrogens with two attached hydrogens (primary N) is 2. The van der Waals surface area contributed by atoms with Crippen LogP contribution in [0.5, 0.6) is 0 Å². The van der Waals surface area contributed by atoms with E-state index in [2.05, 4.69) is 9.98 Å². The van der Waals surface area contributed by atoms with Gasteiger partial charge in [-0.25, -0.2) is 9.79 Å². The summed E-state index contributed by atoms with van der Waals surface area (Å²) in [6, 6.07) is 13.5. The fourth-order valence-electron chi connectivity index (χ4n) is 2.98. The lowest BCUT2D eigenvalue weighted by Crippen LogP contribution is -2.23. The van der Waals surface area contributed by atoms with Crippen molar-refractivity contribution >= 4 is 34.4 Å². The fourth-order valence-corrected chi connectivity index (χ4v) is 3.11. The Morgan fingerprint density at radius 1 is 1.04 bits per heavy atom. The number of halogens is 1. The van der Waals surface area contributed by atoms with E-state index in [1.54, 1.807) is 36.4 Å². The van der Waals surface area contributed by atoms with Gasteiger partial charge in [0.1, 0.15) is 17.5 Å². The van der Waals surface area contributed by atoms with Crippen LogP contribution in [0.2, 0.25) is 5.02 Å². The van der Waals surface area contributed by atoms with Gasteiger partial charge in [-0.15, -0.1) is 0 Å². The van der Waals surface area contributed by atoms with Gasteiger partial charge in [0.05, 0.1) is 5.56 Å². The predicted molar refractivity (Wildman–Crippen MR) is 98.1 cm³/mol. The number of aliphatic imine (C=N–C) groups is 2. The van der Waals surface area contributed by atoms with Crippen LogP contribution in [-0.4, -0.2) is 11.8 Å². The molecule has 4 rings (SSSR count). The van der Waals surface area contributed by atoms with E-state index in [1.807, 2.05) is 12.1 Å². The highest BCUT2D eigenvalue weighted by Crippen LogP contribution is 2.32. The van der Waals surface area contributed by atoms with Gasteiger partial charge in [0.15, 0.2) is 0 Å². The third kappa shape index (κ3) is 2.56. The molecule has 1 aliphatic heterocycles. The van der Waals surface area contributed by atoms with E-state index in [0.29, 0.717) is 27.1 Å². The molecule has 4 N–H and O–H groups in total. The van der Waals surface area contributed by atoms with Crippen molar-refractivity contribution in [3.8, 4) is 0 Å². The minimum Gasteiger partial charge on any atom is -0.422 e. The number of guanidine groups is 1. The lowest BCUT2D eigenvalue weighted by molar-refractivity contribution is 0.545. The van der Waals surface area contributed by atoms with E-state index in [4.69, 9.17) is 27.5 Å². The van der Waals surface area contributed by atoms with Crippen molar-refractivity contribution in [3.63, 3.8) is 0 Å². The van der Waals surface area contributed by atoms with Crippen LogP contribution in [-0.2, 0) is 0 Å². The summed E-state index contributed by atoms with van der Waals surface area (Å²) in [6.45, 7) is 0. The van der Waals surface area contributed by atoms with E-state index in [9.17, 15) is 4.79 Å². The molecule has 1 aromatic heterocycles. The summed E-state index contributed by atoms with van der Waals surface area (Å²) >= 11 is 5.96. The molecule has 0 fully saturated rings. The van der Waals surface area contributed by atoms with Gasteiger partial charge in [-0.3, -0.25) is 0 Å². The molecule has 0 amide bonds. The van der Waals surface area contributed by atoms with E-state index in [-0.39, 0.29) is 11.8 Å². The Morgan fingerprint density at radius 2 is 1.76 bits per heavy atom. The largest absolute Gasteiger partial charge is 0.422 e. The second kappa shape index (κ2) is 5.75. The van der Waals surface area contributed by atoms with Crippen molar-refractivity contribution in [1.82, 2.24) is 0 Å². The number of para-hydroxylation sites is 1. The van der Waals surface area contributed by atoms with Crippen molar-refractivity contribution < 1.29 is 4.42 Å². The predicted octanol–water partition coefficient (Wildman–Crippen LogP) is 2.57. The second-order valence-electron chi connectivity index (χ2n) is 5.61. The van der Waals surface area contributed by atoms with Crippen molar-refractivity contribution in [1.29, 1.82) is 0 Å². The summed E-state index contributed by atoms with van der Waals surface area (Å²) in [4.78, 5) is 21.2. The molecule has 1 unspecified atom stereocenters. The lowest BCUT2D eigenvalue weighted by Gasteiger charge is -2.15. The summed E-state index contributed by atoms with van der Waals surface area (Å²) in [6.07, 6.45) is 0. The van der Waals surface area contributed by atoms with E-state index >= 15 is 0 Å². The Labute approximate surface area is 147 Å². The molecule has 1 atom stereocenters. The maximum absolute atomic E-state index is 12.7. The fraction of sp³-hybridized carbons (Fsp3) is 0.0556. The van der Waals surface area contributed by atoms with Crippen molar-refractivity contribution in [2.75, 3.05) is 0 Å². The van der Waals surface area contributed by atoms with Crippen LogP contribution in [0.4, 0.5) is 0 Å². The monoisotopic (exact) mass is 352 g/mol. The second-order valence-corrected chi connectivity index (χ2v) is 6.05. The van der Waals surface area contributed by atoms with Crippen molar-refractivity contribution in [3.05, 3.63) is 80.7 Å². The van der Waals surface area contributed by atoms with Crippen LogP contribution >= 0.6 is 11.6 Å². The quantitative estimate of drug-likeness (QED) is 0.656. The molecule has 0 bridgehead atoms. The van der Waals surface area contributed by atoms with Gasteiger partial charge in [-0.1, -0.05) is 41.9 Å². The zero-order chi connectivity index (χ0) is 17.6. The Balaban J connectivity index is 2.09. The molecule has 0 saturated heterocycles. The van der Waals surface area contributed by atoms with Gasteiger partial charge in [0, 0.05) is 16.0 Å². The maximum Gasteiger partial charge on any atom is 0.342 e. The first kappa shape index (κ1) is 15.4. The van der Waals surface area contributed by atoms with Gasteiger partial charge >= 0.3 is 5.63 Å². The summed E-state index contributed by atoms with van der Waals surface area (Å²) in [5.41, 5.74) is 13.5. The first-order valence-corrected chi connectivity index (χ1v) is 7.91. The minimum atomic E-state index is -0.682. The van der Waals surface area contributed by atoms with Crippen LogP contribution in [0.3, 0.4) is 0 Å². The molecule has 0 spiro atoms. The number of nitrogens with zero attached hydrogens (tertiary/aromatic N) is 2. The number of hydrogen-bond acceptors (Lipinski definition) is 6. The van der Waals surface area contributed by atoms with Gasteiger partial charge in [-0.05, 0) is 23.8 Å². The lowest BCUT2D eigenvalue weighted by atomic mass is 9.94. The van der Waals surface area contributed by atoms with Crippen LogP contribution in [0, 0.1) is 0 Å². The average molecular weight is 353 g/mol. The maximum atomic E-state index is 12.7. The first-order valence-electron chi connectivity index (χ1n) is 7.53. The third-order valence-corrected chi connectivity index (χ3v) is 4.31. The summed E-state index contributed by atoms with van der Waals surface area (Å²) in [7, 11) is 0.